The van der Waals surface area contributed by atoms with Crippen molar-refractivity contribution < 1.29 is 52.6 Å². The average Bonchev–Trinajstić information content (AvgIpc) is 2.83. The first kappa shape index (κ1) is 34.1. The van der Waals surface area contributed by atoms with E-state index in [1.807, 2.05) is 0 Å². The summed E-state index contributed by atoms with van der Waals surface area (Å²) in [6.45, 7) is 7.66. The van der Waals surface area contributed by atoms with Gasteiger partial charge in [0.25, 0.3) is 0 Å². The van der Waals surface area contributed by atoms with E-state index < -0.39 is 5.97 Å². The van der Waals surface area contributed by atoms with Crippen LogP contribution < -0.4 is 5.32 Å². The molecule has 0 bridgehead atoms. The number of hydrogen-bond donors (Lipinski definition) is 2. The minimum Gasteiger partial charge on any atom is -0.481 e. The Morgan fingerprint density at radius 1 is 0.514 bits per heavy atom. The second-order valence-corrected chi connectivity index (χ2v) is 7.62. The van der Waals surface area contributed by atoms with Gasteiger partial charge in [0.05, 0.1) is 112 Å². The molecule has 12 nitrogen and oxygen atoms in total. The number of nitrogens with one attached hydrogen (secondary N) is 1. The zero-order valence-corrected chi connectivity index (χ0v) is 22.1. The Kier molecular flexibility index (Phi) is 28.6. The van der Waals surface area contributed by atoms with E-state index in [0.717, 1.165) is 0 Å². The summed E-state index contributed by atoms with van der Waals surface area (Å²) in [5.74, 6) is -0.865. The summed E-state index contributed by atoms with van der Waals surface area (Å²) >= 11 is 3.21. The lowest BCUT2D eigenvalue weighted by Crippen LogP contribution is -2.27. The SMILES string of the molecule is O=C(O)CCOCCOCCOCCOCCOCCOCCOCCOCCNC(=O)CCBr. The lowest BCUT2D eigenvalue weighted by atomic mass is 10.4. The summed E-state index contributed by atoms with van der Waals surface area (Å²) in [6.07, 6.45) is 0.465. The third kappa shape index (κ3) is 31.1. The first-order valence-corrected chi connectivity index (χ1v) is 13.0. The number of halogens is 1. The fourth-order valence-electron chi connectivity index (χ4n) is 2.24. The van der Waals surface area contributed by atoms with Crippen molar-refractivity contribution in [1.29, 1.82) is 0 Å². The van der Waals surface area contributed by atoms with Crippen LogP contribution in [0, 0.1) is 0 Å². The predicted molar refractivity (Wildman–Crippen MR) is 130 cm³/mol. The van der Waals surface area contributed by atoms with Gasteiger partial charge in [-0.15, -0.1) is 0 Å². The van der Waals surface area contributed by atoms with Crippen LogP contribution in [0.4, 0.5) is 0 Å². The highest BCUT2D eigenvalue weighted by atomic mass is 79.9. The van der Waals surface area contributed by atoms with Gasteiger partial charge >= 0.3 is 5.97 Å². The third-order valence-electron chi connectivity index (χ3n) is 3.95. The standard InChI is InChI=1S/C22H42BrNO11/c23-3-1-21(25)24-4-6-29-8-10-31-12-14-33-16-18-35-20-19-34-17-15-32-13-11-30-9-7-28-5-2-22(26)27/h1-20H2,(H,24,25)(H,26,27). The van der Waals surface area contributed by atoms with Gasteiger partial charge in [0.1, 0.15) is 0 Å². The van der Waals surface area contributed by atoms with Crippen molar-refractivity contribution in [2.45, 2.75) is 12.8 Å². The molecule has 0 unspecified atom stereocenters. The van der Waals surface area contributed by atoms with E-state index in [1.165, 1.54) is 0 Å². The molecule has 2 N–H and O–H groups in total. The van der Waals surface area contributed by atoms with E-state index >= 15 is 0 Å². The first-order valence-electron chi connectivity index (χ1n) is 11.8. The molecule has 0 saturated heterocycles. The van der Waals surface area contributed by atoms with E-state index in [1.54, 1.807) is 0 Å². The molecule has 0 aromatic rings. The molecule has 35 heavy (non-hydrogen) atoms. The zero-order chi connectivity index (χ0) is 25.7. The number of aliphatic carboxylic acids is 1. The second-order valence-electron chi connectivity index (χ2n) is 6.83. The Bertz CT molecular complexity index is 475. The van der Waals surface area contributed by atoms with Gasteiger partial charge in [-0.25, -0.2) is 0 Å². The highest BCUT2D eigenvalue weighted by Crippen LogP contribution is 1.88. The molecular formula is C22H42BrNO11. The molecule has 0 aliphatic rings. The van der Waals surface area contributed by atoms with Gasteiger partial charge in [0, 0.05) is 18.3 Å². The van der Waals surface area contributed by atoms with Crippen molar-refractivity contribution >= 4 is 27.8 Å². The molecule has 0 saturated carbocycles. The molecule has 0 aromatic heterocycles. The lowest BCUT2D eigenvalue weighted by Gasteiger charge is -2.09. The zero-order valence-electron chi connectivity index (χ0n) is 20.5. The molecule has 0 atom stereocenters. The summed E-state index contributed by atoms with van der Waals surface area (Å²) in [4.78, 5) is 21.5. The topological polar surface area (TPSA) is 140 Å². The Morgan fingerprint density at radius 2 is 0.829 bits per heavy atom. The number of ether oxygens (including phenoxy) is 8. The van der Waals surface area contributed by atoms with Crippen LogP contribution in [0.25, 0.3) is 0 Å². The van der Waals surface area contributed by atoms with Crippen molar-refractivity contribution in [3.63, 3.8) is 0 Å². The minimum atomic E-state index is -0.875. The lowest BCUT2D eigenvalue weighted by molar-refractivity contribution is -0.138. The Hall–Kier alpha value is -0.900. The molecule has 0 heterocycles. The Labute approximate surface area is 216 Å². The normalized spacial score (nSPS) is 11.1. The molecule has 0 rings (SSSR count). The molecule has 0 aromatic carbocycles. The molecule has 208 valence electrons. The average molecular weight is 576 g/mol. The maximum absolute atomic E-state index is 11.2. The maximum atomic E-state index is 11.2. The molecule has 0 aliphatic carbocycles. The van der Waals surface area contributed by atoms with Crippen LogP contribution in [0.15, 0.2) is 0 Å². The number of carbonyl (C=O) groups is 2. The third-order valence-corrected chi connectivity index (χ3v) is 4.35. The van der Waals surface area contributed by atoms with E-state index in [2.05, 4.69) is 21.2 Å². The van der Waals surface area contributed by atoms with E-state index in [-0.39, 0.29) is 18.9 Å². The number of alkyl halides is 1. The van der Waals surface area contributed by atoms with Crippen LogP contribution in [-0.2, 0) is 47.5 Å². The predicted octanol–water partition coefficient (Wildman–Crippen LogP) is 0.495. The van der Waals surface area contributed by atoms with Gasteiger partial charge in [-0.1, -0.05) is 15.9 Å². The number of amides is 1. The van der Waals surface area contributed by atoms with Crippen molar-refractivity contribution in [2.75, 3.05) is 118 Å². The fourth-order valence-corrected chi connectivity index (χ4v) is 2.60. The van der Waals surface area contributed by atoms with Crippen LogP contribution in [-0.4, -0.2) is 135 Å². The van der Waals surface area contributed by atoms with Crippen molar-refractivity contribution in [3.05, 3.63) is 0 Å². The van der Waals surface area contributed by atoms with Gasteiger partial charge in [-0.2, -0.15) is 0 Å². The largest absolute Gasteiger partial charge is 0.481 e. The quantitative estimate of drug-likeness (QED) is 0.0950. The van der Waals surface area contributed by atoms with E-state index in [9.17, 15) is 9.59 Å². The van der Waals surface area contributed by atoms with E-state index in [0.29, 0.717) is 117 Å². The van der Waals surface area contributed by atoms with Gasteiger partial charge in [-0.3, -0.25) is 9.59 Å². The van der Waals surface area contributed by atoms with Crippen molar-refractivity contribution in [3.8, 4) is 0 Å². The Balaban J connectivity index is 3.05. The fraction of sp³-hybridized carbons (Fsp3) is 0.909. The van der Waals surface area contributed by atoms with Gasteiger partial charge in [0.15, 0.2) is 0 Å². The summed E-state index contributed by atoms with van der Waals surface area (Å²) < 4.78 is 42.7. The van der Waals surface area contributed by atoms with E-state index in [4.69, 9.17) is 43.0 Å². The summed E-state index contributed by atoms with van der Waals surface area (Å²) in [7, 11) is 0. The smallest absolute Gasteiger partial charge is 0.305 e. The maximum Gasteiger partial charge on any atom is 0.305 e. The van der Waals surface area contributed by atoms with Crippen LogP contribution >= 0.6 is 15.9 Å². The molecule has 0 spiro atoms. The molecule has 1 amide bonds. The summed E-state index contributed by atoms with van der Waals surface area (Å²) in [6, 6.07) is 0. The molecule has 0 radical (unpaired) electrons. The highest BCUT2D eigenvalue weighted by molar-refractivity contribution is 9.09. The molecule has 0 fully saturated rings. The van der Waals surface area contributed by atoms with Gasteiger partial charge in [-0.05, 0) is 0 Å². The van der Waals surface area contributed by atoms with Crippen LogP contribution in [0.2, 0.25) is 0 Å². The minimum absolute atomic E-state index is 0.00163. The van der Waals surface area contributed by atoms with Gasteiger partial charge < -0.3 is 48.3 Å². The molecular weight excluding hydrogens is 534 g/mol. The van der Waals surface area contributed by atoms with Crippen LogP contribution in [0.1, 0.15) is 12.8 Å². The number of carboxylic acids is 1. The molecule has 0 aliphatic heterocycles. The number of carbonyl (C=O) groups excluding carboxylic acids is 1. The first-order chi connectivity index (χ1) is 17.2. The number of carboxylic acid groups (broad SMARTS) is 1. The Morgan fingerprint density at radius 3 is 1.14 bits per heavy atom. The highest BCUT2D eigenvalue weighted by Gasteiger charge is 1.99. The number of rotatable bonds is 29. The molecule has 13 heteroatoms. The number of hydrogen-bond acceptors (Lipinski definition) is 10. The van der Waals surface area contributed by atoms with Crippen LogP contribution in [0.3, 0.4) is 0 Å². The monoisotopic (exact) mass is 575 g/mol. The second kappa shape index (κ2) is 29.3. The van der Waals surface area contributed by atoms with Crippen molar-refractivity contribution in [1.82, 2.24) is 5.32 Å². The van der Waals surface area contributed by atoms with Crippen molar-refractivity contribution in [2.24, 2.45) is 0 Å². The summed E-state index contributed by atoms with van der Waals surface area (Å²) in [5, 5.41) is 11.9. The van der Waals surface area contributed by atoms with Crippen LogP contribution in [0.5, 0.6) is 0 Å². The van der Waals surface area contributed by atoms with Gasteiger partial charge in [0.2, 0.25) is 5.91 Å². The summed E-state index contributed by atoms with van der Waals surface area (Å²) in [5.41, 5.74) is 0.